The van der Waals surface area contributed by atoms with Crippen molar-refractivity contribution >= 4 is 108 Å². The van der Waals surface area contributed by atoms with Crippen molar-refractivity contribution in [3.05, 3.63) is 131 Å². The number of nitrogens with zero attached hydrogens (tertiary/aromatic N) is 2. The summed E-state index contributed by atoms with van der Waals surface area (Å²) in [6.07, 6.45) is 3.66. The van der Waals surface area contributed by atoms with Crippen molar-refractivity contribution in [1.29, 1.82) is 0 Å². The quantitative estimate of drug-likeness (QED) is 0.166. The van der Waals surface area contributed by atoms with E-state index in [0.29, 0.717) is 11.8 Å². The van der Waals surface area contributed by atoms with Crippen LogP contribution < -0.4 is 42.6 Å². The Kier molecular flexibility index (Phi) is 8.32. The van der Waals surface area contributed by atoms with Crippen LogP contribution >= 0.6 is 0 Å². The second-order valence-corrected chi connectivity index (χ2v) is 24.0. The fraction of sp³-hybridized carbons (Fsp3) is 0.328. The highest BCUT2D eigenvalue weighted by Gasteiger charge is 2.53. The summed E-state index contributed by atoms with van der Waals surface area (Å²) < 4.78 is 14.2. The zero-order valence-electron chi connectivity index (χ0n) is 39.9. The van der Waals surface area contributed by atoms with Gasteiger partial charge in [0.05, 0.1) is 11.4 Å². The number of carbonyl (C=O) groups excluding carboxylic acids is 1. The summed E-state index contributed by atoms with van der Waals surface area (Å²) in [6.45, 7) is 25.5. The van der Waals surface area contributed by atoms with Crippen LogP contribution in [0, 0.1) is 16.2 Å². The van der Waals surface area contributed by atoms with Crippen molar-refractivity contribution in [1.82, 2.24) is 0 Å². The van der Waals surface area contributed by atoms with Crippen LogP contribution in [0.3, 0.4) is 0 Å². The first kappa shape index (κ1) is 40.6. The highest BCUT2D eigenvalue weighted by atomic mass is 16.4. The van der Waals surface area contributed by atoms with E-state index in [1.54, 1.807) is 0 Å². The summed E-state index contributed by atoms with van der Waals surface area (Å²) in [5.41, 5.74) is 17.3. The maximum absolute atomic E-state index is 16.3. The van der Waals surface area contributed by atoms with E-state index in [1.807, 2.05) is 15.9 Å². The Morgan fingerprint density at radius 1 is 0.554 bits per heavy atom. The minimum Gasteiger partial charge on any atom is -0.440 e. The fourth-order valence-electron chi connectivity index (χ4n) is 12.4. The first-order valence-corrected chi connectivity index (χ1v) is 23.8. The Balaban J connectivity index is 1.23. The van der Waals surface area contributed by atoms with Crippen molar-refractivity contribution < 1.29 is 13.6 Å². The average molecular weight is 853 g/mol. The van der Waals surface area contributed by atoms with E-state index in [4.69, 9.17) is 8.83 Å². The van der Waals surface area contributed by atoms with Gasteiger partial charge in [-0.05, 0) is 87.4 Å². The van der Waals surface area contributed by atoms with Crippen LogP contribution in [0.5, 0.6) is 0 Å². The minimum atomic E-state index is -0.176. The lowest BCUT2D eigenvalue weighted by Crippen LogP contribution is -2.65. The molecule has 2 amide bonds. The zero-order chi connectivity index (χ0) is 45.3. The molecule has 2 aromatic heterocycles. The molecule has 8 aromatic rings. The Morgan fingerprint density at radius 2 is 1.06 bits per heavy atom. The third-order valence-electron chi connectivity index (χ3n) is 14.7. The van der Waals surface area contributed by atoms with Gasteiger partial charge in [-0.2, -0.15) is 0 Å². The molecular formula is C58H58B2N2O3. The molecule has 7 heteroatoms. The molecule has 6 heterocycles. The smallest absolute Gasteiger partial charge is 0.342 e. The summed E-state index contributed by atoms with van der Waals surface area (Å²) in [7, 11) is 0. The second kappa shape index (κ2) is 13.3. The van der Waals surface area contributed by atoms with Crippen molar-refractivity contribution in [2.24, 2.45) is 16.2 Å². The molecule has 2 bridgehead atoms. The summed E-state index contributed by atoms with van der Waals surface area (Å²) in [6, 6.07) is 38.1. The molecule has 0 saturated heterocycles. The van der Waals surface area contributed by atoms with Gasteiger partial charge in [-0.15, -0.1) is 0 Å². The number of carbonyl (C=O) groups is 1. The van der Waals surface area contributed by atoms with Crippen molar-refractivity contribution in [3.8, 4) is 0 Å². The number of fused-ring (bicyclic) bond motifs is 9. The summed E-state index contributed by atoms with van der Waals surface area (Å²) in [5, 5.41) is 4.29. The maximum atomic E-state index is 16.3. The van der Waals surface area contributed by atoms with Crippen LogP contribution in [0.15, 0.2) is 112 Å². The lowest BCUT2D eigenvalue weighted by molar-refractivity contribution is 0.254. The van der Waals surface area contributed by atoms with Gasteiger partial charge in [-0.1, -0.05) is 194 Å². The standard InChI is InChI=1S/C58H58B2N2O3/c1-55(2,3)29-34-16-14-17-35(30-56(4,5)6)46(34)59-41-25-22-33-23-26-42-51-45(33)50(41)61(52-48(59)39-20-12-13-21-43(39)64-52)54(63)62(51)53-49-40-28-38(24-27-44(40)65-53)58(10,11)32-37-19-15-18-36(31-57(7,8)9)47(37)60(42)49/h12-28H,29-32H2,1-11H3. The van der Waals surface area contributed by atoms with Crippen LogP contribution in [0.1, 0.15) is 104 Å². The van der Waals surface area contributed by atoms with Gasteiger partial charge in [0.15, 0.2) is 0 Å². The van der Waals surface area contributed by atoms with Gasteiger partial charge in [-0.3, -0.25) is 0 Å². The molecular weight excluding hydrogens is 794 g/mol. The third-order valence-corrected chi connectivity index (χ3v) is 14.7. The average Bonchev–Trinajstić information content (AvgIpc) is 3.79. The number of amides is 2. The second-order valence-electron chi connectivity index (χ2n) is 24.0. The Labute approximate surface area is 384 Å². The number of para-hydroxylation sites is 1. The van der Waals surface area contributed by atoms with E-state index in [0.717, 1.165) is 91.6 Å². The largest absolute Gasteiger partial charge is 0.440 e. The van der Waals surface area contributed by atoms with Crippen molar-refractivity contribution in [2.45, 2.75) is 107 Å². The number of furan rings is 2. The van der Waals surface area contributed by atoms with E-state index in [-0.39, 0.29) is 41.1 Å². The molecule has 0 spiro atoms. The van der Waals surface area contributed by atoms with Gasteiger partial charge >= 0.3 is 6.03 Å². The van der Waals surface area contributed by atoms with Crippen LogP contribution in [-0.2, 0) is 31.1 Å². The number of anilines is 4. The van der Waals surface area contributed by atoms with E-state index in [1.165, 1.54) is 38.7 Å². The van der Waals surface area contributed by atoms with Crippen LogP contribution in [0.4, 0.5) is 27.9 Å². The molecule has 4 aliphatic rings. The molecule has 12 rings (SSSR count). The first-order chi connectivity index (χ1) is 30.8. The Morgan fingerprint density at radius 3 is 1.65 bits per heavy atom. The lowest BCUT2D eigenvalue weighted by Gasteiger charge is -2.44. The van der Waals surface area contributed by atoms with Gasteiger partial charge in [0, 0.05) is 27.1 Å². The summed E-state index contributed by atoms with van der Waals surface area (Å²) in [5.74, 6) is 1.21. The molecule has 324 valence electrons. The number of rotatable bonds is 4. The number of hydrogen-bond acceptors (Lipinski definition) is 3. The number of hydrogen-bond donors (Lipinski definition) is 0. The molecule has 0 atom stereocenters. The fourth-order valence-corrected chi connectivity index (χ4v) is 12.4. The van der Waals surface area contributed by atoms with Gasteiger partial charge in [0.25, 0.3) is 13.4 Å². The lowest BCUT2D eigenvalue weighted by atomic mass is 9.32. The summed E-state index contributed by atoms with van der Waals surface area (Å²) in [4.78, 5) is 20.1. The molecule has 0 fully saturated rings. The van der Waals surface area contributed by atoms with Gasteiger partial charge in [-0.25, -0.2) is 14.6 Å². The van der Waals surface area contributed by atoms with E-state index >= 15 is 4.79 Å². The van der Waals surface area contributed by atoms with Gasteiger partial charge in [0.1, 0.15) is 11.2 Å². The van der Waals surface area contributed by atoms with Crippen LogP contribution in [0.25, 0.3) is 32.7 Å². The van der Waals surface area contributed by atoms with E-state index in [9.17, 15) is 0 Å². The minimum absolute atomic E-state index is 0.0448. The van der Waals surface area contributed by atoms with Gasteiger partial charge in [0.2, 0.25) is 11.8 Å². The predicted octanol–water partition coefficient (Wildman–Crippen LogP) is 11.0. The highest BCUT2D eigenvalue weighted by molar-refractivity contribution is 7.01. The molecule has 65 heavy (non-hydrogen) atoms. The molecule has 6 aromatic carbocycles. The molecule has 0 unspecified atom stereocenters. The maximum Gasteiger partial charge on any atom is 0.342 e. The SMILES string of the molecule is CC(C)(C)Cc1cccc(CC(C)(C)C)c1B1c2ccc3ccc4c5c3c2N(C(=O)N5c2oc3ccc5cc3c2B4c2c(CC(C)(C)C)cccc2CC5(C)C)c2oc3ccccc3c21. The van der Waals surface area contributed by atoms with E-state index in [2.05, 4.69) is 173 Å². The van der Waals surface area contributed by atoms with Crippen LogP contribution in [-0.4, -0.2) is 19.5 Å². The third kappa shape index (κ3) is 6.02. The normalized spacial score (nSPS) is 16.1. The molecule has 0 radical (unpaired) electrons. The predicted molar refractivity (Wildman–Crippen MR) is 274 cm³/mol. The van der Waals surface area contributed by atoms with Gasteiger partial charge < -0.3 is 8.83 Å². The van der Waals surface area contributed by atoms with Crippen LogP contribution in [0.2, 0.25) is 0 Å². The monoisotopic (exact) mass is 852 g/mol. The summed E-state index contributed by atoms with van der Waals surface area (Å²) >= 11 is 0. The number of benzene rings is 6. The molecule has 5 nitrogen and oxygen atoms in total. The highest BCUT2D eigenvalue weighted by Crippen LogP contribution is 2.50. The Hall–Kier alpha value is -5.94. The van der Waals surface area contributed by atoms with Crippen molar-refractivity contribution in [3.63, 3.8) is 0 Å². The molecule has 0 saturated carbocycles. The van der Waals surface area contributed by atoms with Crippen molar-refractivity contribution in [2.75, 3.05) is 9.80 Å². The zero-order valence-corrected chi connectivity index (χ0v) is 39.9. The first-order valence-electron chi connectivity index (χ1n) is 23.8. The Bertz CT molecular complexity index is 3330. The molecule has 0 aliphatic carbocycles. The molecule has 4 aliphatic heterocycles. The van der Waals surface area contributed by atoms with E-state index < -0.39 is 0 Å². The topological polar surface area (TPSA) is 49.8 Å². The number of urea groups is 1. The molecule has 0 N–H and O–H groups in total.